The largest absolute Gasteiger partial charge is 0.477 e. The Morgan fingerprint density at radius 2 is 2.28 bits per heavy atom. The first-order valence-corrected chi connectivity index (χ1v) is 11.1. The number of anilines is 2. The molecule has 2 aromatic rings. The summed E-state index contributed by atoms with van der Waals surface area (Å²) >= 11 is 2.48. The molecule has 2 amide bonds. The van der Waals surface area contributed by atoms with Crippen molar-refractivity contribution < 1.29 is 29.0 Å². The summed E-state index contributed by atoms with van der Waals surface area (Å²) in [4.78, 5) is 47.5. The molecular formula is C17H19N8O5S2+. The summed E-state index contributed by atoms with van der Waals surface area (Å²) in [7, 11) is 1.28. The van der Waals surface area contributed by atoms with Crippen molar-refractivity contribution >= 4 is 57.5 Å². The molecule has 4 rings (SSSR count). The van der Waals surface area contributed by atoms with Gasteiger partial charge in [-0.3, -0.25) is 14.5 Å². The van der Waals surface area contributed by atoms with Crippen molar-refractivity contribution in [3.63, 3.8) is 0 Å². The van der Waals surface area contributed by atoms with E-state index in [2.05, 4.69) is 20.6 Å². The van der Waals surface area contributed by atoms with Gasteiger partial charge in [0, 0.05) is 22.8 Å². The molecule has 0 radical (unpaired) electrons. The molecule has 1 saturated heterocycles. The number of nitrogen functional groups attached to an aromatic ring is 2. The quantitative estimate of drug-likeness (QED) is 0.139. The SMILES string of the molecule is CON=C(C(=O)NC1C(=O)N2C(C(=O)O)=C(C[n+]3ccc(N)[nH]3)CSC12)c1csc(N)n1. The van der Waals surface area contributed by atoms with Crippen LogP contribution in [0.2, 0.25) is 0 Å². The van der Waals surface area contributed by atoms with E-state index >= 15 is 0 Å². The number of hydrogen-bond acceptors (Lipinski definition) is 10. The fourth-order valence-corrected chi connectivity index (χ4v) is 5.30. The van der Waals surface area contributed by atoms with E-state index in [0.717, 1.165) is 11.3 Å². The van der Waals surface area contributed by atoms with Crippen LogP contribution in [0.4, 0.5) is 10.9 Å². The van der Waals surface area contributed by atoms with Crippen LogP contribution in [0.3, 0.4) is 0 Å². The van der Waals surface area contributed by atoms with E-state index in [-0.39, 0.29) is 28.8 Å². The summed E-state index contributed by atoms with van der Waals surface area (Å²) in [5.74, 6) is -1.64. The first-order chi connectivity index (χ1) is 15.3. The van der Waals surface area contributed by atoms with Crippen molar-refractivity contribution in [3.8, 4) is 0 Å². The molecule has 7 N–H and O–H groups in total. The number of carbonyl (C=O) groups is 3. The molecule has 0 saturated carbocycles. The summed E-state index contributed by atoms with van der Waals surface area (Å²) in [5.41, 5.74) is 11.8. The van der Waals surface area contributed by atoms with Gasteiger partial charge in [0.25, 0.3) is 11.8 Å². The Bertz CT molecular complexity index is 1160. The maximum absolute atomic E-state index is 12.8. The summed E-state index contributed by atoms with van der Waals surface area (Å²) in [6.45, 7) is 0.231. The van der Waals surface area contributed by atoms with Gasteiger partial charge in [-0.2, -0.15) is 0 Å². The molecule has 15 heteroatoms. The molecule has 2 aromatic heterocycles. The maximum Gasteiger partial charge on any atom is 0.352 e. The van der Waals surface area contributed by atoms with Gasteiger partial charge in [-0.15, -0.1) is 32.9 Å². The Hall–Kier alpha value is -3.59. The van der Waals surface area contributed by atoms with Gasteiger partial charge in [0.2, 0.25) is 0 Å². The molecule has 2 aliphatic heterocycles. The molecular weight excluding hydrogens is 460 g/mol. The number of carbonyl (C=O) groups excluding carboxylic acids is 2. The minimum absolute atomic E-state index is 0.0945. The topological polar surface area (TPSA) is 193 Å². The standard InChI is InChI=1S/C17H18N8O5S2/c1-30-23-10(8-6-32-17(19)20-8)13(26)21-11-14(27)25-12(16(28)29)7(5-31-15(11)25)4-24-3-2-9(18)22-24/h2-3,6,11,15H,4-5H2,1H3,(H6,18,19,20,21,22,26,28,29)/p+1. The second-order valence-corrected chi connectivity index (χ2v) is 8.82. The van der Waals surface area contributed by atoms with Crippen molar-refractivity contribution in [2.45, 2.75) is 18.0 Å². The molecule has 168 valence electrons. The molecule has 4 heterocycles. The van der Waals surface area contributed by atoms with E-state index in [4.69, 9.17) is 16.3 Å². The van der Waals surface area contributed by atoms with Crippen LogP contribution in [0.1, 0.15) is 5.69 Å². The molecule has 2 aliphatic rings. The monoisotopic (exact) mass is 479 g/mol. The highest BCUT2D eigenvalue weighted by Crippen LogP contribution is 2.40. The zero-order valence-corrected chi connectivity index (χ0v) is 18.3. The number of nitrogens with two attached hydrogens (primary N) is 2. The predicted molar refractivity (Wildman–Crippen MR) is 115 cm³/mol. The normalized spacial score (nSPS) is 20.6. The van der Waals surface area contributed by atoms with Gasteiger partial charge >= 0.3 is 5.97 Å². The number of nitrogens with one attached hydrogen (secondary N) is 2. The number of carboxylic acids is 1. The Kier molecular flexibility index (Phi) is 5.75. The van der Waals surface area contributed by atoms with E-state index in [0.29, 0.717) is 17.1 Å². The van der Waals surface area contributed by atoms with E-state index in [1.165, 1.54) is 23.8 Å². The van der Waals surface area contributed by atoms with Gasteiger partial charge in [-0.25, -0.2) is 9.78 Å². The molecule has 2 unspecified atom stereocenters. The number of nitrogens with zero attached hydrogens (tertiary/aromatic N) is 4. The summed E-state index contributed by atoms with van der Waals surface area (Å²) < 4.78 is 1.63. The molecule has 0 aliphatic carbocycles. The van der Waals surface area contributed by atoms with Crippen LogP contribution >= 0.6 is 23.1 Å². The lowest BCUT2D eigenvalue weighted by atomic mass is 10.0. The highest BCUT2D eigenvalue weighted by molar-refractivity contribution is 8.00. The molecule has 2 atom stereocenters. The third kappa shape index (κ3) is 3.87. The number of thioether (sulfide) groups is 1. The second-order valence-electron chi connectivity index (χ2n) is 6.82. The number of oxime groups is 1. The van der Waals surface area contributed by atoms with Gasteiger partial charge < -0.3 is 26.7 Å². The molecule has 0 spiro atoms. The number of fused-ring (bicyclic) bond motifs is 1. The van der Waals surface area contributed by atoms with Crippen LogP contribution in [0.5, 0.6) is 0 Å². The van der Waals surface area contributed by atoms with Crippen LogP contribution in [0, 0.1) is 0 Å². The van der Waals surface area contributed by atoms with Gasteiger partial charge in [0.15, 0.2) is 29.4 Å². The van der Waals surface area contributed by atoms with Crippen molar-refractivity contribution in [1.82, 2.24) is 20.3 Å². The average molecular weight is 480 g/mol. The van der Waals surface area contributed by atoms with Crippen LogP contribution in [0.25, 0.3) is 0 Å². The lowest BCUT2D eigenvalue weighted by molar-refractivity contribution is -0.742. The third-order valence-electron chi connectivity index (χ3n) is 4.77. The zero-order valence-electron chi connectivity index (χ0n) is 16.6. The number of carboxylic acid groups (broad SMARTS) is 1. The highest BCUT2D eigenvalue weighted by atomic mass is 32.2. The number of aromatic amines is 1. The highest BCUT2D eigenvalue weighted by Gasteiger charge is 2.54. The molecule has 1 fully saturated rings. The van der Waals surface area contributed by atoms with Crippen LogP contribution in [-0.4, -0.2) is 67.9 Å². The number of hydrogen-bond donors (Lipinski definition) is 5. The summed E-state index contributed by atoms with van der Waals surface area (Å²) in [6.07, 6.45) is 1.68. The maximum atomic E-state index is 12.8. The smallest absolute Gasteiger partial charge is 0.352 e. The van der Waals surface area contributed by atoms with Crippen molar-refractivity contribution in [3.05, 3.63) is 34.6 Å². The third-order valence-corrected chi connectivity index (χ3v) is 6.78. The Morgan fingerprint density at radius 3 is 2.88 bits per heavy atom. The van der Waals surface area contributed by atoms with E-state index in [1.54, 1.807) is 22.3 Å². The lowest BCUT2D eigenvalue weighted by Crippen LogP contribution is -2.71. The van der Waals surface area contributed by atoms with Gasteiger partial charge in [-0.05, 0) is 0 Å². The van der Waals surface area contributed by atoms with Crippen molar-refractivity contribution in [1.29, 1.82) is 0 Å². The minimum Gasteiger partial charge on any atom is -0.477 e. The molecule has 13 nitrogen and oxygen atoms in total. The Balaban J connectivity index is 1.53. The summed E-state index contributed by atoms with van der Waals surface area (Å²) in [6, 6.07) is 0.727. The zero-order chi connectivity index (χ0) is 23.0. The number of rotatable bonds is 7. The predicted octanol–water partition coefficient (Wildman–Crippen LogP) is -1.29. The van der Waals surface area contributed by atoms with E-state index in [9.17, 15) is 19.5 Å². The number of amides is 2. The van der Waals surface area contributed by atoms with Gasteiger partial charge in [0.1, 0.15) is 29.9 Å². The number of aromatic nitrogens is 3. The molecule has 32 heavy (non-hydrogen) atoms. The van der Waals surface area contributed by atoms with Crippen LogP contribution < -0.4 is 21.5 Å². The number of β-lactam (4-membered cyclic amide) rings is 1. The van der Waals surface area contributed by atoms with Gasteiger partial charge in [-0.1, -0.05) is 5.16 Å². The first-order valence-electron chi connectivity index (χ1n) is 9.17. The van der Waals surface area contributed by atoms with Gasteiger partial charge in [0.05, 0.1) is 0 Å². The average Bonchev–Trinajstić information content (AvgIpc) is 3.37. The fourth-order valence-electron chi connectivity index (χ4n) is 3.42. The summed E-state index contributed by atoms with van der Waals surface area (Å²) in [5, 5.41) is 20.2. The number of aliphatic carboxylic acids is 1. The minimum atomic E-state index is -1.22. The van der Waals surface area contributed by atoms with Crippen molar-refractivity contribution in [2.24, 2.45) is 5.16 Å². The molecule has 0 aromatic carbocycles. The molecule has 0 bridgehead atoms. The Morgan fingerprint density at radius 1 is 1.50 bits per heavy atom. The van der Waals surface area contributed by atoms with Crippen molar-refractivity contribution in [2.75, 3.05) is 24.3 Å². The van der Waals surface area contributed by atoms with Crippen LogP contribution in [-0.2, 0) is 25.8 Å². The number of H-pyrrole nitrogens is 1. The number of thiazole rings is 1. The second kappa shape index (κ2) is 8.51. The first kappa shape index (κ1) is 21.6. The lowest BCUT2D eigenvalue weighted by Gasteiger charge is -2.49. The van der Waals surface area contributed by atoms with E-state index in [1.807, 2.05) is 0 Å². The Labute approximate surface area is 189 Å². The van der Waals surface area contributed by atoms with E-state index < -0.39 is 29.2 Å². The van der Waals surface area contributed by atoms with Crippen LogP contribution in [0.15, 0.2) is 34.1 Å². The fraction of sp³-hybridized carbons (Fsp3) is 0.294.